The summed E-state index contributed by atoms with van der Waals surface area (Å²) in [5, 5.41) is 15.8. The third-order valence-electron chi connectivity index (χ3n) is 9.29. The van der Waals surface area contributed by atoms with Crippen molar-refractivity contribution in [2.24, 2.45) is 14.1 Å². The zero-order valence-corrected chi connectivity index (χ0v) is 43.6. The van der Waals surface area contributed by atoms with E-state index in [9.17, 15) is 25.6 Å². The van der Waals surface area contributed by atoms with Crippen molar-refractivity contribution < 1.29 is 54.2 Å². The first kappa shape index (κ1) is 54.8. The second-order valence-corrected chi connectivity index (χ2v) is 21.6. The second-order valence-electron chi connectivity index (χ2n) is 17.5. The van der Waals surface area contributed by atoms with Crippen LogP contribution in [0.5, 0.6) is 0 Å². The smallest absolute Gasteiger partial charge is 0.261 e. The molecule has 14 nitrogen and oxygen atoms in total. The first-order valence-electron chi connectivity index (χ1n) is 19.6. The highest BCUT2D eigenvalue weighted by Crippen LogP contribution is 2.35. The van der Waals surface area contributed by atoms with Gasteiger partial charge in [0.05, 0.1) is 37.8 Å². The largest absolute Gasteiger partial charge is 1.00 e. The topological polar surface area (TPSA) is 160 Å². The van der Waals surface area contributed by atoms with Gasteiger partial charge in [0, 0.05) is 37.4 Å². The van der Waals surface area contributed by atoms with E-state index in [0.717, 1.165) is 23.3 Å². The fourth-order valence-corrected chi connectivity index (χ4v) is 8.32. The van der Waals surface area contributed by atoms with E-state index < -0.39 is 31.7 Å². The summed E-state index contributed by atoms with van der Waals surface area (Å²) in [4.78, 5) is 2.06. The Labute approximate surface area is 408 Å². The van der Waals surface area contributed by atoms with Crippen LogP contribution in [0.2, 0.25) is 10.0 Å². The molecule has 0 aliphatic carbocycles. The number of benzene rings is 4. The van der Waals surface area contributed by atoms with Gasteiger partial charge >= 0.3 is 0 Å². The zero-order chi connectivity index (χ0) is 48.1. The summed E-state index contributed by atoms with van der Waals surface area (Å²) in [6.45, 7) is 16.3. The van der Waals surface area contributed by atoms with Crippen LogP contribution in [0.15, 0.2) is 88.9 Å². The number of nitrogens with one attached hydrogen (secondary N) is 2. The molecule has 0 bridgehead atoms. The molecule has 0 aliphatic heterocycles. The molecule has 2 heterocycles. The van der Waals surface area contributed by atoms with Crippen molar-refractivity contribution in [3.63, 3.8) is 0 Å². The number of sulfonamides is 2. The van der Waals surface area contributed by atoms with Crippen LogP contribution in [0.25, 0.3) is 22.8 Å². The standard InChI is InChI=1S/C22H27ClFN5O2S.C19H20ClFN4O2S.C3H8N.HI/c1-22(2,3)14-7-9-15(10-8-14)32(30,31)27-19-12-18(24)17(23)11-16(19)21-26-25-20(29(21)6)13-28(4)5;1-19(2,3)12-5-7-13(8-6-12)28(26,27)24-17-10-16(21)15(20)9-14(17)18-23-22-11-25(18)4;1-4(2)3;/h7-12,27H,13H2,1-6H3;5-11,24H,1-4H3;1H2,2-3H3;1H/q;;+1;/p-1. The summed E-state index contributed by atoms with van der Waals surface area (Å²) in [6, 6.07) is 17.9. The molecule has 0 fully saturated rings. The number of nitrogens with zero attached hydrogens (tertiary/aromatic N) is 8. The Morgan fingerprint density at radius 2 is 1.08 bits per heavy atom. The van der Waals surface area contributed by atoms with Gasteiger partial charge in [-0.15, -0.1) is 20.4 Å². The molecule has 0 saturated heterocycles. The highest BCUT2D eigenvalue weighted by Gasteiger charge is 2.24. The summed E-state index contributed by atoms with van der Waals surface area (Å²) >= 11 is 11.9. The van der Waals surface area contributed by atoms with E-state index in [1.165, 1.54) is 42.7 Å². The van der Waals surface area contributed by atoms with Crippen LogP contribution in [-0.4, -0.2) is 90.7 Å². The molecule has 0 aliphatic rings. The van der Waals surface area contributed by atoms with Gasteiger partial charge in [0.1, 0.15) is 44.6 Å². The minimum Gasteiger partial charge on any atom is -1.00 e. The van der Waals surface area contributed by atoms with Gasteiger partial charge in [-0.2, -0.15) is 0 Å². The molecule has 6 aromatic rings. The average molecular weight is 1090 g/mol. The van der Waals surface area contributed by atoms with Gasteiger partial charge in [0.15, 0.2) is 11.6 Å². The Bertz CT molecular complexity index is 2840. The first-order valence-corrected chi connectivity index (χ1v) is 23.3. The number of hydrogen-bond donors (Lipinski definition) is 2. The summed E-state index contributed by atoms with van der Waals surface area (Å²) in [6.07, 6.45) is 1.45. The summed E-state index contributed by atoms with van der Waals surface area (Å²) < 4.78 is 90.2. The van der Waals surface area contributed by atoms with E-state index >= 15 is 0 Å². The molecule has 4 aromatic carbocycles. The van der Waals surface area contributed by atoms with E-state index in [1.807, 2.05) is 74.6 Å². The van der Waals surface area contributed by atoms with Gasteiger partial charge in [0.25, 0.3) is 20.0 Å². The van der Waals surface area contributed by atoms with Gasteiger partial charge < -0.3 is 38.0 Å². The number of halogens is 5. The molecule has 0 amide bonds. The highest BCUT2D eigenvalue weighted by molar-refractivity contribution is 7.93. The number of aryl methyl sites for hydroxylation is 1. The van der Waals surface area contributed by atoms with Crippen molar-refractivity contribution in [3.8, 4) is 22.8 Å². The quantitative estimate of drug-likeness (QED) is 0.0987. The van der Waals surface area contributed by atoms with Crippen molar-refractivity contribution in [3.05, 3.63) is 118 Å². The monoisotopic (exact) mass is 1090 g/mol. The normalized spacial score (nSPS) is 11.8. The SMILES string of the molecule is C=[N+](C)C.CN(C)Cc1nnc(-c2cc(Cl)c(F)cc2NS(=O)(=O)c2ccc(C(C)(C)C)cc2)n1C.Cn1cnnc1-c1cc(Cl)c(F)cc1NS(=O)(=O)c1ccc(C(C)(C)C)cc1.[I-]. The van der Waals surface area contributed by atoms with Crippen molar-refractivity contribution in [1.29, 1.82) is 0 Å². The van der Waals surface area contributed by atoms with Gasteiger partial charge in [-0.1, -0.05) is 89.0 Å². The zero-order valence-electron chi connectivity index (χ0n) is 38.3. The Balaban J connectivity index is 0.000000317. The minimum atomic E-state index is -3.99. The lowest BCUT2D eigenvalue weighted by Crippen LogP contribution is -3.00. The lowest BCUT2D eigenvalue weighted by molar-refractivity contribution is -0.454. The van der Waals surface area contributed by atoms with E-state index in [0.29, 0.717) is 35.1 Å². The van der Waals surface area contributed by atoms with Gasteiger partial charge in [-0.25, -0.2) is 30.2 Å². The lowest BCUT2D eigenvalue weighted by Gasteiger charge is -2.19. The molecule has 0 spiro atoms. The summed E-state index contributed by atoms with van der Waals surface area (Å²) in [7, 11) is 3.09. The molecule has 6 rings (SSSR count). The van der Waals surface area contributed by atoms with Crippen molar-refractivity contribution >= 4 is 61.3 Å². The molecule has 0 unspecified atom stereocenters. The molecular weight excluding hydrogens is 1030 g/mol. The minimum absolute atomic E-state index is 0. The predicted octanol–water partition coefficient (Wildman–Crippen LogP) is 5.77. The predicted molar refractivity (Wildman–Crippen MR) is 251 cm³/mol. The van der Waals surface area contributed by atoms with E-state index in [4.69, 9.17) is 23.2 Å². The van der Waals surface area contributed by atoms with Crippen LogP contribution in [0.1, 0.15) is 58.5 Å². The number of anilines is 2. The van der Waals surface area contributed by atoms with Crippen LogP contribution in [0.3, 0.4) is 0 Å². The molecule has 0 saturated carbocycles. The Morgan fingerprint density at radius 3 is 1.42 bits per heavy atom. The maximum atomic E-state index is 14.3. The van der Waals surface area contributed by atoms with Crippen molar-refractivity contribution in [2.75, 3.05) is 37.6 Å². The van der Waals surface area contributed by atoms with E-state index in [2.05, 4.69) is 36.6 Å². The molecule has 2 aromatic heterocycles. The molecule has 352 valence electrons. The molecule has 65 heavy (non-hydrogen) atoms. The average Bonchev–Trinajstić information content (AvgIpc) is 3.77. The third-order valence-corrected chi connectivity index (χ3v) is 12.6. The number of rotatable bonds is 10. The molecule has 2 N–H and O–H groups in total. The Kier molecular flexibility index (Phi) is 18.4. The molecular formula is C44H55Cl2F2IN10O4S2. The van der Waals surface area contributed by atoms with Gasteiger partial charge in [-0.05, 0) is 72.5 Å². The lowest BCUT2D eigenvalue weighted by atomic mass is 9.87. The Morgan fingerprint density at radius 1 is 0.692 bits per heavy atom. The van der Waals surface area contributed by atoms with Crippen molar-refractivity contribution in [2.45, 2.75) is 68.7 Å². The molecule has 21 heteroatoms. The number of aromatic nitrogens is 6. The maximum Gasteiger partial charge on any atom is 0.261 e. The van der Waals surface area contributed by atoms with Crippen LogP contribution in [0, 0.1) is 11.6 Å². The van der Waals surface area contributed by atoms with Crippen LogP contribution < -0.4 is 33.4 Å². The maximum absolute atomic E-state index is 14.3. The fraction of sp³-hybridized carbons (Fsp3) is 0.341. The molecule has 0 atom stereocenters. The summed E-state index contributed by atoms with van der Waals surface area (Å²) in [5.74, 6) is -0.107. The van der Waals surface area contributed by atoms with Crippen molar-refractivity contribution in [1.82, 2.24) is 34.4 Å². The van der Waals surface area contributed by atoms with Crippen LogP contribution in [-0.2, 0) is 51.5 Å². The molecule has 0 radical (unpaired) electrons. The van der Waals surface area contributed by atoms with Crippen LogP contribution >= 0.6 is 23.2 Å². The first-order chi connectivity index (χ1) is 29.5. The van der Waals surface area contributed by atoms with Gasteiger partial charge in [-0.3, -0.25) is 9.44 Å². The van der Waals surface area contributed by atoms with E-state index in [-0.39, 0.29) is 66.0 Å². The van der Waals surface area contributed by atoms with Gasteiger partial charge in [0.2, 0.25) is 0 Å². The third kappa shape index (κ3) is 14.5. The highest BCUT2D eigenvalue weighted by atomic mass is 127. The second kappa shape index (κ2) is 21.8. The number of hydrogen-bond acceptors (Lipinski definition) is 9. The van der Waals surface area contributed by atoms with Crippen LogP contribution in [0.4, 0.5) is 20.2 Å². The Hall–Kier alpha value is -4.54. The van der Waals surface area contributed by atoms with E-state index in [1.54, 1.807) is 52.1 Å². The summed E-state index contributed by atoms with van der Waals surface area (Å²) in [5.41, 5.74) is 2.49. The fourth-order valence-electron chi connectivity index (χ4n) is 5.85.